The van der Waals surface area contributed by atoms with Crippen LogP contribution in [0.4, 0.5) is 11.6 Å². The maximum absolute atomic E-state index is 13.0. The lowest BCUT2D eigenvalue weighted by Crippen LogP contribution is -2.47. The molecule has 0 unspecified atom stereocenters. The molecule has 4 heterocycles. The van der Waals surface area contributed by atoms with Crippen LogP contribution < -0.4 is 10.2 Å². The third kappa shape index (κ3) is 6.43. The number of anilines is 2. The Morgan fingerprint density at radius 3 is 2.62 bits per heavy atom. The fourth-order valence-corrected chi connectivity index (χ4v) is 5.38. The van der Waals surface area contributed by atoms with Crippen LogP contribution in [0.15, 0.2) is 57.2 Å². The highest BCUT2D eigenvalue weighted by Crippen LogP contribution is 2.34. The van der Waals surface area contributed by atoms with E-state index in [0.717, 1.165) is 71.7 Å². The van der Waals surface area contributed by atoms with E-state index in [2.05, 4.69) is 30.2 Å². The van der Waals surface area contributed by atoms with Gasteiger partial charge in [-0.1, -0.05) is 43.8 Å². The molecule has 11 heteroatoms. The fourth-order valence-electron chi connectivity index (χ4n) is 4.41. The van der Waals surface area contributed by atoms with Crippen LogP contribution in [0.2, 0.25) is 0 Å². The van der Waals surface area contributed by atoms with Crippen molar-refractivity contribution in [1.82, 2.24) is 25.0 Å². The van der Waals surface area contributed by atoms with Gasteiger partial charge in [-0.3, -0.25) is 9.69 Å². The van der Waals surface area contributed by atoms with Gasteiger partial charge in [0.15, 0.2) is 5.82 Å². The molecule has 0 radical (unpaired) electrons. The van der Waals surface area contributed by atoms with Crippen LogP contribution in [0.5, 0.6) is 0 Å². The minimum atomic E-state index is -0.256. The Morgan fingerprint density at radius 2 is 1.90 bits per heavy atom. The van der Waals surface area contributed by atoms with Crippen LogP contribution in [-0.2, 0) is 10.2 Å². The molecule has 0 atom stereocenters. The molecule has 1 amide bonds. The van der Waals surface area contributed by atoms with E-state index in [1.165, 1.54) is 11.8 Å². The van der Waals surface area contributed by atoms with E-state index in [0.29, 0.717) is 17.1 Å². The van der Waals surface area contributed by atoms with Crippen molar-refractivity contribution in [3.63, 3.8) is 0 Å². The van der Waals surface area contributed by atoms with Gasteiger partial charge in [-0.2, -0.15) is 0 Å². The van der Waals surface area contributed by atoms with Crippen LogP contribution in [0, 0.1) is 6.92 Å². The molecule has 1 saturated heterocycles. The van der Waals surface area contributed by atoms with Crippen molar-refractivity contribution < 1.29 is 14.1 Å². The van der Waals surface area contributed by atoms with Crippen molar-refractivity contribution in [2.45, 2.75) is 43.0 Å². The number of benzene rings is 1. The van der Waals surface area contributed by atoms with Crippen molar-refractivity contribution in [1.29, 1.82) is 0 Å². The molecular formula is C29H35N7O3S. The first kappa shape index (κ1) is 28.0. The summed E-state index contributed by atoms with van der Waals surface area (Å²) in [7, 11) is 1.74. The van der Waals surface area contributed by atoms with Gasteiger partial charge in [0.05, 0.1) is 12.1 Å². The number of nitrogens with one attached hydrogen (secondary N) is 1. The molecule has 0 spiro atoms. The third-order valence-electron chi connectivity index (χ3n) is 6.89. The number of carbonyl (C=O) groups is 1. The first-order chi connectivity index (χ1) is 19.2. The maximum Gasteiger partial charge on any atom is 0.256 e. The molecule has 1 aliphatic rings. The van der Waals surface area contributed by atoms with Crippen LogP contribution >= 0.6 is 11.8 Å². The maximum atomic E-state index is 13.0. The van der Waals surface area contributed by atoms with Gasteiger partial charge in [-0.15, -0.1) is 0 Å². The molecule has 40 heavy (non-hydrogen) atoms. The first-order valence-electron chi connectivity index (χ1n) is 13.4. The molecule has 10 nitrogen and oxygen atoms in total. The molecule has 5 rings (SSSR count). The largest absolute Gasteiger partial charge is 0.383 e. The molecule has 4 aromatic rings. The summed E-state index contributed by atoms with van der Waals surface area (Å²) < 4.78 is 10.6. The highest BCUT2D eigenvalue weighted by Gasteiger charge is 2.22. The molecule has 0 saturated carbocycles. The summed E-state index contributed by atoms with van der Waals surface area (Å²) in [5.41, 5.74) is 2.89. The van der Waals surface area contributed by atoms with Gasteiger partial charge in [0.1, 0.15) is 28.4 Å². The quantitative estimate of drug-likeness (QED) is 0.302. The van der Waals surface area contributed by atoms with Crippen LogP contribution in [0.1, 0.15) is 42.5 Å². The number of hydrogen-bond acceptors (Lipinski definition) is 10. The second kappa shape index (κ2) is 11.9. The molecule has 1 aromatic carbocycles. The smallest absolute Gasteiger partial charge is 0.256 e. The number of amides is 1. The summed E-state index contributed by atoms with van der Waals surface area (Å²) >= 11 is 1.49. The molecule has 1 fully saturated rings. The Bertz CT molecular complexity index is 1490. The van der Waals surface area contributed by atoms with Crippen LogP contribution in [0.25, 0.3) is 11.0 Å². The predicted molar refractivity (Wildman–Crippen MR) is 156 cm³/mol. The Labute approximate surface area is 238 Å². The number of pyridine rings is 1. The van der Waals surface area contributed by atoms with Crippen molar-refractivity contribution in [2.75, 3.05) is 56.7 Å². The summed E-state index contributed by atoms with van der Waals surface area (Å²) in [6, 6.07) is 11.4. The zero-order valence-corrected chi connectivity index (χ0v) is 24.4. The number of carbonyl (C=O) groups excluding carboxylic acids is 1. The highest BCUT2D eigenvalue weighted by atomic mass is 32.2. The number of aromatic nitrogens is 4. The summed E-state index contributed by atoms with van der Waals surface area (Å²) in [5.74, 6) is 1.76. The monoisotopic (exact) mass is 561 g/mol. The van der Waals surface area contributed by atoms with Gasteiger partial charge in [-0.25, -0.2) is 15.0 Å². The van der Waals surface area contributed by atoms with E-state index in [-0.39, 0.29) is 11.3 Å². The minimum Gasteiger partial charge on any atom is -0.383 e. The lowest BCUT2D eigenvalue weighted by molar-refractivity contribution is 0.102. The first-order valence-corrected chi connectivity index (χ1v) is 14.2. The normalized spacial score (nSPS) is 14.6. The lowest BCUT2D eigenvalue weighted by atomic mass is 9.93. The summed E-state index contributed by atoms with van der Waals surface area (Å²) in [6.45, 7) is 13.5. The number of rotatable bonds is 8. The summed E-state index contributed by atoms with van der Waals surface area (Å²) in [6.07, 6.45) is 1.56. The number of nitrogens with zero attached hydrogens (tertiary/aromatic N) is 6. The zero-order chi connectivity index (χ0) is 28.3. The van der Waals surface area contributed by atoms with Crippen molar-refractivity contribution in [3.8, 4) is 0 Å². The number of methoxy groups -OCH3 is 1. The number of hydrogen-bond donors (Lipinski definition) is 1. The Hall–Kier alpha value is -3.54. The van der Waals surface area contributed by atoms with Crippen molar-refractivity contribution in [2.24, 2.45) is 0 Å². The van der Waals surface area contributed by atoms with E-state index in [9.17, 15) is 4.79 Å². The zero-order valence-electron chi connectivity index (χ0n) is 23.6. The van der Waals surface area contributed by atoms with Crippen LogP contribution in [-0.4, -0.2) is 77.4 Å². The Balaban J connectivity index is 1.34. The third-order valence-corrected chi connectivity index (χ3v) is 8.04. The van der Waals surface area contributed by atoms with Gasteiger partial charge in [0.2, 0.25) is 0 Å². The predicted octanol–water partition coefficient (Wildman–Crippen LogP) is 4.79. The number of aryl methyl sites for hydroxylation is 1. The standard InChI is InChI=1S/C29H35N7O3S/c1-19-6-7-20(27(37)32-24-17-23(39-34-24)29(2,3)4)16-22(19)40-28-26-21(30-18-31-28)8-9-25(33-26)36-12-10-35(11-13-36)14-15-38-5/h6-9,16-18H,10-15H2,1-5H3,(H,32,34,37). The molecule has 0 aliphatic carbocycles. The van der Waals surface area contributed by atoms with E-state index < -0.39 is 0 Å². The molecule has 0 bridgehead atoms. The van der Waals surface area contributed by atoms with Gasteiger partial charge in [0, 0.05) is 61.8 Å². The number of ether oxygens (including phenoxy) is 1. The molecular weight excluding hydrogens is 526 g/mol. The summed E-state index contributed by atoms with van der Waals surface area (Å²) in [4.78, 5) is 32.7. The van der Waals surface area contributed by atoms with Crippen LogP contribution in [0.3, 0.4) is 0 Å². The van der Waals surface area contributed by atoms with E-state index in [1.54, 1.807) is 25.6 Å². The lowest BCUT2D eigenvalue weighted by Gasteiger charge is -2.35. The second-order valence-electron chi connectivity index (χ2n) is 10.9. The average molecular weight is 562 g/mol. The van der Waals surface area contributed by atoms with Crippen molar-refractivity contribution >= 4 is 40.3 Å². The summed E-state index contributed by atoms with van der Waals surface area (Å²) in [5, 5.41) is 7.59. The minimum absolute atomic E-state index is 0.198. The Morgan fingerprint density at radius 1 is 1.10 bits per heavy atom. The van der Waals surface area contributed by atoms with Gasteiger partial charge < -0.3 is 19.5 Å². The van der Waals surface area contributed by atoms with E-state index >= 15 is 0 Å². The van der Waals surface area contributed by atoms with E-state index in [1.807, 2.05) is 52.0 Å². The highest BCUT2D eigenvalue weighted by molar-refractivity contribution is 7.99. The fraction of sp³-hybridized carbons (Fsp3) is 0.414. The Kier molecular flexibility index (Phi) is 8.34. The molecule has 3 aromatic heterocycles. The topological polar surface area (TPSA) is 110 Å². The van der Waals surface area contributed by atoms with Gasteiger partial charge in [0.25, 0.3) is 5.91 Å². The second-order valence-corrected chi connectivity index (χ2v) is 11.9. The molecule has 210 valence electrons. The van der Waals surface area contributed by atoms with Gasteiger partial charge in [-0.05, 0) is 36.8 Å². The molecule has 1 aliphatic heterocycles. The van der Waals surface area contributed by atoms with E-state index in [4.69, 9.17) is 14.2 Å². The SMILES string of the molecule is COCCN1CCN(c2ccc3ncnc(Sc4cc(C(=O)Nc5cc(C(C)(C)C)on5)ccc4C)c3n2)CC1. The molecule has 1 N–H and O–H groups in total. The van der Waals surface area contributed by atoms with Gasteiger partial charge >= 0.3 is 0 Å². The average Bonchev–Trinajstić information content (AvgIpc) is 3.42. The number of piperazine rings is 1. The van der Waals surface area contributed by atoms with Crippen molar-refractivity contribution in [3.05, 3.63) is 59.6 Å². The number of fused-ring (bicyclic) bond motifs is 1.